The molecular weight excluding hydrogens is 435 g/mol. The Bertz CT molecular complexity index is 1030. The van der Waals surface area contributed by atoms with Crippen molar-refractivity contribution in [2.45, 2.75) is 25.4 Å². The normalized spacial score (nSPS) is 18.3. The number of imide groups is 1. The molecule has 1 fully saturated rings. The van der Waals surface area contributed by atoms with Crippen LogP contribution in [0.2, 0.25) is 10.0 Å². The summed E-state index contributed by atoms with van der Waals surface area (Å²) in [6, 6.07) is 10.6. The molecule has 0 atom stereocenters. The van der Waals surface area contributed by atoms with Gasteiger partial charge in [-0.25, -0.2) is 0 Å². The van der Waals surface area contributed by atoms with Crippen LogP contribution in [-0.4, -0.2) is 64.7 Å². The Balaban J connectivity index is 1.75. The lowest BCUT2D eigenvalue weighted by Crippen LogP contribution is -2.43. The van der Waals surface area contributed by atoms with Crippen LogP contribution in [0.15, 0.2) is 48.3 Å². The number of carbonyl (C=O) groups is 2. The van der Waals surface area contributed by atoms with E-state index >= 15 is 0 Å². The molecule has 8 heteroatoms. The average Bonchev–Trinajstić information content (AvgIpc) is 2.99. The first-order chi connectivity index (χ1) is 14.9. The predicted molar refractivity (Wildman–Crippen MR) is 121 cm³/mol. The maximum absolute atomic E-state index is 13.5. The van der Waals surface area contributed by atoms with Crippen molar-refractivity contribution in [2.75, 3.05) is 27.2 Å². The summed E-state index contributed by atoms with van der Waals surface area (Å²) < 4.78 is 0. The van der Waals surface area contributed by atoms with Gasteiger partial charge >= 0.3 is 0 Å². The van der Waals surface area contributed by atoms with Gasteiger partial charge in [0.25, 0.3) is 11.8 Å². The molecule has 2 aliphatic heterocycles. The van der Waals surface area contributed by atoms with Gasteiger partial charge < -0.3 is 9.80 Å². The van der Waals surface area contributed by atoms with Gasteiger partial charge in [0.2, 0.25) is 0 Å². The van der Waals surface area contributed by atoms with Crippen LogP contribution in [0.3, 0.4) is 0 Å². The van der Waals surface area contributed by atoms with Gasteiger partial charge in [0, 0.05) is 29.9 Å². The van der Waals surface area contributed by atoms with E-state index in [2.05, 4.69) is 16.9 Å². The third kappa shape index (κ3) is 4.33. The second-order valence-electron chi connectivity index (χ2n) is 8.01. The summed E-state index contributed by atoms with van der Waals surface area (Å²) in [4.78, 5) is 36.8. The highest BCUT2D eigenvalue weighted by molar-refractivity contribution is 6.41. The van der Waals surface area contributed by atoms with Gasteiger partial charge in [0.1, 0.15) is 5.70 Å². The summed E-state index contributed by atoms with van der Waals surface area (Å²) in [5, 5.41) is 0.819. The third-order valence-electron chi connectivity index (χ3n) is 5.98. The SMILES string of the molecule is CN1CCC(N(C)C2=C(c3ccc(Cl)cc3Cl)C(=O)N(Cc3ccccn3)C2=O)CC1. The summed E-state index contributed by atoms with van der Waals surface area (Å²) in [5.74, 6) is -0.687. The van der Waals surface area contributed by atoms with Gasteiger partial charge in [0.15, 0.2) is 0 Å². The first-order valence-electron chi connectivity index (χ1n) is 10.2. The number of likely N-dealkylation sites (tertiary alicyclic amines) is 1. The minimum atomic E-state index is -0.366. The fourth-order valence-corrected chi connectivity index (χ4v) is 4.69. The van der Waals surface area contributed by atoms with Gasteiger partial charge in [-0.3, -0.25) is 19.5 Å². The molecule has 0 saturated carbocycles. The number of aromatic nitrogens is 1. The number of likely N-dealkylation sites (N-methyl/N-ethyl adjacent to an activating group) is 1. The molecule has 0 bridgehead atoms. The van der Waals surface area contributed by atoms with Crippen molar-refractivity contribution in [2.24, 2.45) is 0 Å². The largest absolute Gasteiger partial charge is 0.366 e. The first kappa shape index (κ1) is 21.8. The summed E-state index contributed by atoms with van der Waals surface area (Å²) >= 11 is 12.5. The number of rotatable bonds is 5. The molecule has 2 aromatic rings. The average molecular weight is 459 g/mol. The Hall–Kier alpha value is -2.41. The van der Waals surface area contributed by atoms with E-state index in [0.29, 0.717) is 32.6 Å². The Kier molecular flexibility index (Phi) is 6.32. The lowest BCUT2D eigenvalue weighted by Gasteiger charge is -2.36. The highest BCUT2D eigenvalue weighted by Crippen LogP contribution is 2.37. The lowest BCUT2D eigenvalue weighted by molar-refractivity contribution is -0.138. The molecule has 0 unspecified atom stereocenters. The van der Waals surface area contributed by atoms with Crippen molar-refractivity contribution in [3.8, 4) is 0 Å². The van der Waals surface area contributed by atoms with Gasteiger partial charge in [0.05, 0.1) is 22.8 Å². The molecule has 6 nitrogen and oxygen atoms in total. The van der Waals surface area contributed by atoms with E-state index in [4.69, 9.17) is 23.2 Å². The van der Waals surface area contributed by atoms with E-state index in [0.717, 1.165) is 25.9 Å². The first-order valence-corrected chi connectivity index (χ1v) is 11.0. The van der Waals surface area contributed by atoms with Crippen molar-refractivity contribution < 1.29 is 9.59 Å². The smallest absolute Gasteiger partial charge is 0.278 e. The molecule has 162 valence electrons. The molecule has 0 spiro atoms. The van der Waals surface area contributed by atoms with Crippen LogP contribution in [0.4, 0.5) is 0 Å². The van der Waals surface area contributed by atoms with Crippen LogP contribution in [-0.2, 0) is 16.1 Å². The molecule has 4 rings (SSSR count). The topological polar surface area (TPSA) is 56.8 Å². The molecule has 1 saturated heterocycles. The van der Waals surface area contributed by atoms with Crippen LogP contribution >= 0.6 is 23.2 Å². The van der Waals surface area contributed by atoms with Crippen molar-refractivity contribution in [3.05, 3.63) is 69.6 Å². The van der Waals surface area contributed by atoms with E-state index < -0.39 is 0 Å². The minimum absolute atomic E-state index is 0.109. The summed E-state index contributed by atoms with van der Waals surface area (Å²) in [5.41, 5.74) is 1.88. The second kappa shape index (κ2) is 8.99. The molecule has 31 heavy (non-hydrogen) atoms. The molecular formula is C23H24Cl2N4O2. The van der Waals surface area contributed by atoms with Crippen LogP contribution in [0, 0.1) is 0 Å². The fraction of sp³-hybridized carbons (Fsp3) is 0.348. The maximum Gasteiger partial charge on any atom is 0.278 e. The molecule has 1 aromatic carbocycles. The standard InChI is InChI=1S/C23H24Cl2N4O2/c1-27-11-8-17(9-12-27)28(2)21-20(18-7-6-15(24)13-19(18)25)22(30)29(23(21)31)14-16-5-3-4-10-26-16/h3-7,10,13,17H,8-9,11-12,14H2,1-2H3. The number of halogens is 2. The van der Waals surface area contributed by atoms with Gasteiger partial charge in [-0.15, -0.1) is 0 Å². The summed E-state index contributed by atoms with van der Waals surface area (Å²) in [6.45, 7) is 2.00. The predicted octanol–water partition coefficient (Wildman–Crippen LogP) is 3.69. The summed E-state index contributed by atoms with van der Waals surface area (Å²) in [7, 11) is 3.98. The Morgan fingerprint density at radius 2 is 1.84 bits per heavy atom. The van der Waals surface area contributed by atoms with E-state index in [9.17, 15) is 9.59 Å². The summed E-state index contributed by atoms with van der Waals surface area (Å²) in [6.07, 6.45) is 3.48. The zero-order valence-corrected chi connectivity index (χ0v) is 19.0. The molecule has 2 amide bonds. The molecule has 0 N–H and O–H groups in total. The number of hydrogen-bond donors (Lipinski definition) is 0. The Morgan fingerprint density at radius 1 is 1.10 bits per heavy atom. The zero-order valence-electron chi connectivity index (χ0n) is 17.5. The monoisotopic (exact) mass is 458 g/mol. The molecule has 0 aliphatic carbocycles. The maximum atomic E-state index is 13.5. The third-order valence-corrected chi connectivity index (χ3v) is 6.53. The van der Waals surface area contributed by atoms with Crippen molar-refractivity contribution in [1.29, 1.82) is 0 Å². The Labute approximate surface area is 192 Å². The van der Waals surface area contributed by atoms with E-state index in [1.54, 1.807) is 36.5 Å². The number of carbonyl (C=O) groups excluding carboxylic acids is 2. The molecule has 1 aromatic heterocycles. The quantitative estimate of drug-likeness (QED) is 0.639. The van der Waals surface area contributed by atoms with Crippen molar-refractivity contribution in [3.63, 3.8) is 0 Å². The number of nitrogens with zero attached hydrogens (tertiary/aromatic N) is 4. The molecule has 0 radical (unpaired) electrons. The highest BCUT2D eigenvalue weighted by atomic mass is 35.5. The number of benzene rings is 1. The molecule has 2 aliphatic rings. The fourth-order valence-electron chi connectivity index (χ4n) is 4.19. The van der Waals surface area contributed by atoms with Gasteiger partial charge in [-0.2, -0.15) is 0 Å². The lowest BCUT2D eigenvalue weighted by atomic mass is 10.00. The van der Waals surface area contributed by atoms with Crippen LogP contribution in [0.25, 0.3) is 5.57 Å². The van der Waals surface area contributed by atoms with Crippen molar-refractivity contribution >= 4 is 40.6 Å². The van der Waals surface area contributed by atoms with Crippen LogP contribution in [0.1, 0.15) is 24.1 Å². The van der Waals surface area contributed by atoms with Gasteiger partial charge in [-0.05, 0) is 57.2 Å². The van der Waals surface area contributed by atoms with E-state index in [1.807, 2.05) is 18.0 Å². The van der Waals surface area contributed by atoms with Crippen LogP contribution in [0.5, 0.6) is 0 Å². The van der Waals surface area contributed by atoms with Gasteiger partial charge in [-0.1, -0.05) is 35.3 Å². The number of piperidine rings is 1. The number of hydrogen-bond acceptors (Lipinski definition) is 5. The van der Waals surface area contributed by atoms with E-state index in [1.165, 1.54) is 4.90 Å². The van der Waals surface area contributed by atoms with Crippen molar-refractivity contribution in [1.82, 2.24) is 19.7 Å². The number of pyridine rings is 1. The highest BCUT2D eigenvalue weighted by Gasteiger charge is 2.43. The Morgan fingerprint density at radius 3 is 2.48 bits per heavy atom. The minimum Gasteiger partial charge on any atom is -0.366 e. The van der Waals surface area contributed by atoms with Crippen LogP contribution < -0.4 is 0 Å². The molecule has 3 heterocycles. The second-order valence-corrected chi connectivity index (χ2v) is 8.85. The number of amides is 2. The van der Waals surface area contributed by atoms with E-state index in [-0.39, 0.29) is 24.4 Å². The zero-order chi connectivity index (χ0) is 22.1.